The molecule has 4 aliphatic rings. The summed E-state index contributed by atoms with van der Waals surface area (Å²) in [6, 6.07) is 143. The van der Waals surface area contributed by atoms with Gasteiger partial charge in [-0.3, -0.25) is 9.13 Å². The highest BCUT2D eigenvalue weighted by Gasteiger charge is 2.53. The van der Waals surface area contributed by atoms with Crippen molar-refractivity contribution in [1.82, 2.24) is 29.1 Å². The molecule has 0 amide bonds. The first-order chi connectivity index (χ1) is 57.5. The van der Waals surface area contributed by atoms with E-state index in [-0.39, 0.29) is 0 Å². The van der Waals surface area contributed by atoms with E-state index in [1.807, 2.05) is 29.6 Å². The van der Waals surface area contributed by atoms with Crippen LogP contribution < -0.4 is 0 Å². The molecule has 25 rings (SSSR count). The second-order valence-corrected chi connectivity index (χ2v) is 33.0. The van der Waals surface area contributed by atoms with Crippen LogP contribution >= 0.6 is 23.5 Å². The van der Waals surface area contributed by atoms with E-state index in [2.05, 4.69) is 391 Å². The summed E-state index contributed by atoms with van der Waals surface area (Å²) < 4.78 is 4.84. The predicted molar refractivity (Wildman–Crippen MR) is 477 cm³/mol. The highest BCUT2D eigenvalue weighted by atomic mass is 32.2. The van der Waals surface area contributed by atoms with E-state index in [0.717, 1.165) is 88.9 Å². The Morgan fingerprint density at radius 2 is 0.672 bits per heavy atom. The first kappa shape index (κ1) is 65.3. The molecule has 2 aliphatic carbocycles. The summed E-state index contributed by atoms with van der Waals surface area (Å²) in [5, 5.41) is 9.49. The lowest BCUT2D eigenvalue weighted by Crippen LogP contribution is -2.32. The summed E-state index contributed by atoms with van der Waals surface area (Å²) in [5.74, 6) is 2.60. The van der Waals surface area contributed by atoms with Crippen LogP contribution in [0.3, 0.4) is 0 Å². The van der Waals surface area contributed by atoms with Crippen LogP contribution in [0.15, 0.2) is 408 Å². The van der Waals surface area contributed by atoms with Gasteiger partial charge in [-0.2, -0.15) is 9.97 Å². The Morgan fingerprint density at radius 1 is 0.241 bits per heavy atom. The molecule has 0 N–H and O–H groups in total. The lowest BCUT2D eigenvalue weighted by molar-refractivity contribution is 0.724. The first-order valence-corrected chi connectivity index (χ1v) is 41.3. The van der Waals surface area contributed by atoms with Gasteiger partial charge in [0.25, 0.3) is 0 Å². The van der Waals surface area contributed by atoms with Crippen LogP contribution in [0, 0.1) is 0 Å². The van der Waals surface area contributed by atoms with Gasteiger partial charge in [-0.15, -0.1) is 0 Å². The number of rotatable bonds is 8. The van der Waals surface area contributed by atoms with Crippen LogP contribution in [0.4, 0.5) is 0 Å². The van der Waals surface area contributed by atoms with Gasteiger partial charge in [0.2, 0.25) is 5.95 Å². The number of nitrogens with zero attached hydrogens (tertiary/aromatic N) is 6. The van der Waals surface area contributed by atoms with Crippen molar-refractivity contribution in [3.05, 3.63) is 433 Å². The standard InChI is InChI=1S/C108H64N6S2/c1-4-26-65(27-5-1)74-63-91(69-30-6-2-7-31-69)109-96(64-74)113-92-60-54-67-28-10-12-36-75(67)98(92)81-56-59-90-102(100(81)113)115-95-49-23-21-46-87(95)108(90)85-44-19-16-40-80(85)97-77(41-25-47-88(97)108)73-35-24-34-72(62-73)66-50-52-71(53-51-66)105-110-104(70-32-8-3-9-33-70)111-106(112-105)114-93-61-55-68-29-11-13-37-76(68)99(93)82-57-58-89-103(101(82)114)116-94-48-22-20-45-86(94)107(89)83-42-17-14-38-78(83)79-39-15-18-43-84(79)107/h1-64H. The average molecular weight is 1510 g/mol. The Bertz CT molecular complexity index is 7670. The van der Waals surface area contributed by atoms with Gasteiger partial charge < -0.3 is 0 Å². The summed E-state index contributed by atoms with van der Waals surface area (Å²) >= 11 is 3.75. The molecule has 0 radical (unpaired) electrons. The van der Waals surface area contributed by atoms with Crippen LogP contribution in [0.1, 0.15) is 44.5 Å². The molecule has 0 bridgehead atoms. The van der Waals surface area contributed by atoms with E-state index >= 15 is 0 Å². The maximum Gasteiger partial charge on any atom is 0.238 e. The molecule has 17 aromatic carbocycles. The number of hydrogen-bond donors (Lipinski definition) is 0. The molecule has 2 spiro atoms. The zero-order valence-electron chi connectivity index (χ0n) is 62.5. The SMILES string of the molecule is c1ccc(-c2cc(-c3ccccc3)nc(-n3c4ccc5ccccc5c4c4ccc5c(c43)Sc3ccccc3C53c4ccccc4-c4c(-c5cccc(-c6ccc(-c7nc(-c8ccccc8)nc(-n8c9ccc%10ccccc%10c9c9ccc%10c(c98)Sc8ccccc8C%108c9ccccc9-c9ccccc98)n7)cc6)c5)cccc43)c2)cc1. The van der Waals surface area contributed by atoms with Crippen LogP contribution in [-0.4, -0.2) is 29.1 Å². The molecular weight excluding hydrogens is 1450 g/mol. The number of hydrogen-bond acceptors (Lipinski definition) is 6. The fourth-order valence-corrected chi connectivity index (χ4v) is 23.0. The summed E-state index contributed by atoms with van der Waals surface area (Å²) in [5.41, 5.74) is 28.8. The Balaban J connectivity index is 0.648. The van der Waals surface area contributed by atoms with Crippen molar-refractivity contribution >= 4 is 88.7 Å². The zero-order chi connectivity index (χ0) is 75.9. The second kappa shape index (κ2) is 25.1. The molecule has 8 heteroatoms. The maximum atomic E-state index is 5.73. The summed E-state index contributed by atoms with van der Waals surface area (Å²) in [7, 11) is 0. The van der Waals surface area contributed by atoms with Crippen LogP contribution in [0.2, 0.25) is 0 Å². The quantitative estimate of drug-likeness (QED) is 0.151. The zero-order valence-corrected chi connectivity index (χ0v) is 64.1. The fourth-order valence-electron chi connectivity index (χ4n) is 20.3. The monoisotopic (exact) mass is 1510 g/mol. The van der Waals surface area contributed by atoms with E-state index in [1.165, 1.54) is 124 Å². The first-order valence-electron chi connectivity index (χ1n) is 39.7. The fraction of sp³-hybridized carbons (Fsp3) is 0.0185. The summed E-state index contributed by atoms with van der Waals surface area (Å²) in [4.78, 5) is 27.3. The number of pyridine rings is 1. The summed E-state index contributed by atoms with van der Waals surface area (Å²) in [6.07, 6.45) is 0. The van der Waals surface area contributed by atoms with Gasteiger partial charge in [0.1, 0.15) is 5.82 Å². The maximum absolute atomic E-state index is 5.73. The molecule has 1 unspecified atom stereocenters. The largest absolute Gasteiger partial charge is 0.293 e. The molecule has 538 valence electrons. The van der Waals surface area contributed by atoms with Gasteiger partial charge in [0.15, 0.2) is 11.6 Å². The lowest BCUT2D eigenvalue weighted by atomic mass is 9.67. The number of aromatic nitrogens is 6. The molecule has 4 aromatic heterocycles. The van der Waals surface area contributed by atoms with Gasteiger partial charge in [-0.25, -0.2) is 9.97 Å². The van der Waals surface area contributed by atoms with E-state index < -0.39 is 10.8 Å². The van der Waals surface area contributed by atoms with Crippen molar-refractivity contribution in [2.45, 2.75) is 30.4 Å². The molecular formula is C108H64N6S2. The third kappa shape index (κ3) is 9.22. The van der Waals surface area contributed by atoms with E-state index in [0.29, 0.717) is 17.6 Å². The van der Waals surface area contributed by atoms with Crippen molar-refractivity contribution in [1.29, 1.82) is 0 Å². The van der Waals surface area contributed by atoms with Crippen LogP contribution in [0.25, 0.3) is 167 Å². The molecule has 0 saturated carbocycles. The molecule has 0 fully saturated rings. The van der Waals surface area contributed by atoms with Gasteiger partial charge in [-0.1, -0.05) is 369 Å². The van der Waals surface area contributed by atoms with Crippen molar-refractivity contribution in [2.24, 2.45) is 0 Å². The van der Waals surface area contributed by atoms with Gasteiger partial charge >= 0.3 is 0 Å². The molecule has 0 saturated heterocycles. The Kier molecular flexibility index (Phi) is 14.1. The third-order valence-corrected chi connectivity index (χ3v) is 27.5. The molecule has 1 atom stereocenters. The van der Waals surface area contributed by atoms with Gasteiger partial charge in [0, 0.05) is 57.8 Å². The van der Waals surface area contributed by atoms with E-state index in [9.17, 15) is 0 Å². The summed E-state index contributed by atoms with van der Waals surface area (Å²) in [6.45, 7) is 0. The Hall–Kier alpha value is -14.3. The topological polar surface area (TPSA) is 61.4 Å². The van der Waals surface area contributed by atoms with E-state index in [4.69, 9.17) is 19.9 Å². The molecule has 21 aromatic rings. The molecule has 6 heterocycles. The highest BCUT2D eigenvalue weighted by Crippen LogP contribution is 2.67. The predicted octanol–water partition coefficient (Wildman–Crippen LogP) is 27.4. The second-order valence-electron chi connectivity index (χ2n) is 30.9. The Labute approximate surface area is 677 Å². The van der Waals surface area contributed by atoms with Crippen LogP contribution in [0.5, 0.6) is 0 Å². The molecule has 116 heavy (non-hydrogen) atoms. The van der Waals surface area contributed by atoms with Crippen molar-refractivity contribution in [3.8, 4) is 101 Å². The van der Waals surface area contributed by atoms with Crippen molar-refractivity contribution in [2.75, 3.05) is 0 Å². The third-order valence-electron chi connectivity index (χ3n) is 25.1. The lowest BCUT2D eigenvalue weighted by Gasteiger charge is -2.40. The smallest absolute Gasteiger partial charge is 0.238 e. The Morgan fingerprint density at radius 3 is 1.28 bits per heavy atom. The number of fused-ring (bicyclic) bond motifs is 30. The van der Waals surface area contributed by atoms with Crippen LogP contribution in [-0.2, 0) is 10.8 Å². The van der Waals surface area contributed by atoms with Crippen molar-refractivity contribution < 1.29 is 0 Å². The minimum Gasteiger partial charge on any atom is -0.293 e. The minimum absolute atomic E-state index is 0.553. The van der Waals surface area contributed by atoms with Gasteiger partial charge in [-0.05, 0) is 164 Å². The molecule has 6 nitrogen and oxygen atoms in total. The molecule has 2 aliphatic heterocycles. The minimum atomic E-state index is -0.702. The average Bonchev–Trinajstić information content (AvgIpc) is 1.55. The number of benzene rings is 17. The van der Waals surface area contributed by atoms with Crippen molar-refractivity contribution in [3.63, 3.8) is 0 Å². The van der Waals surface area contributed by atoms with Gasteiger partial charge in [0.05, 0.1) is 38.6 Å². The normalized spacial score (nSPS) is 14.4. The highest BCUT2D eigenvalue weighted by molar-refractivity contribution is 8.00. The van der Waals surface area contributed by atoms with E-state index in [1.54, 1.807) is 0 Å².